The third kappa shape index (κ3) is 5.28. The van der Waals surface area contributed by atoms with Gasteiger partial charge in [-0.3, -0.25) is 4.79 Å². The Balaban J connectivity index is 0.00000288. The molecule has 1 amide bonds. The second-order valence-electron chi connectivity index (χ2n) is 5.96. The van der Waals surface area contributed by atoms with Crippen molar-refractivity contribution in [3.8, 4) is 11.5 Å². The number of rotatable bonds is 7. The Morgan fingerprint density at radius 2 is 2.00 bits per heavy atom. The van der Waals surface area contributed by atoms with Crippen molar-refractivity contribution in [3.05, 3.63) is 23.8 Å². The van der Waals surface area contributed by atoms with E-state index < -0.39 is 0 Å². The first-order chi connectivity index (χ1) is 11.2. The van der Waals surface area contributed by atoms with Crippen LogP contribution < -0.4 is 14.8 Å². The van der Waals surface area contributed by atoms with Gasteiger partial charge in [-0.15, -0.1) is 12.4 Å². The monoisotopic (exact) mass is 356 g/mol. The van der Waals surface area contributed by atoms with Crippen LogP contribution in [0.15, 0.2) is 18.2 Å². The van der Waals surface area contributed by atoms with Crippen molar-refractivity contribution in [2.24, 2.45) is 0 Å². The SMILES string of the molecule is CCCCOc1ccc(C(=O)N(C)C2CCNCC2)cc1OC.Cl. The molecule has 1 heterocycles. The summed E-state index contributed by atoms with van der Waals surface area (Å²) in [5, 5.41) is 3.32. The van der Waals surface area contributed by atoms with Gasteiger partial charge in [-0.1, -0.05) is 13.3 Å². The van der Waals surface area contributed by atoms with Crippen LogP contribution in [0.4, 0.5) is 0 Å². The molecule has 1 saturated heterocycles. The van der Waals surface area contributed by atoms with Crippen LogP contribution in [0.1, 0.15) is 43.0 Å². The number of nitrogens with one attached hydrogen (secondary N) is 1. The molecule has 24 heavy (non-hydrogen) atoms. The van der Waals surface area contributed by atoms with Gasteiger partial charge in [-0.25, -0.2) is 0 Å². The number of amides is 1. The molecule has 0 aromatic heterocycles. The Labute approximate surface area is 151 Å². The summed E-state index contributed by atoms with van der Waals surface area (Å²) in [6.07, 6.45) is 4.08. The molecule has 0 radical (unpaired) electrons. The quantitative estimate of drug-likeness (QED) is 0.763. The molecule has 1 aliphatic rings. The molecule has 0 bridgehead atoms. The number of ether oxygens (including phenoxy) is 2. The normalized spacial score (nSPS) is 14.6. The minimum atomic E-state index is 0. The molecule has 0 aliphatic carbocycles. The summed E-state index contributed by atoms with van der Waals surface area (Å²) >= 11 is 0. The summed E-state index contributed by atoms with van der Waals surface area (Å²) in [6.45, 7) is 4.72. The zero-order chi connectivity index (χ0) is 16.7. The summed E-state index contributed by atoms with van der Waals surface area (Å²) in [4.78, 5) is 14.5. The second kappa shape index (κ2) is 10.4. The third-order valence-corrected chi connectivity index (χ3v) is 4.34. The highest BCUT2D eigenvalue weighted by Crippen LogP contribution is 2.29. The standard InChI is InChI=1S/C18H28N2O3.ClH/c1-4-5-12-23-16-7-6-14(13-17(16)22-3)18(21)20(2)15-8-10-19-11-9-15;/h6-7,13,15,19H,4-5,8-12H2,1-3H3;1H. The largest absolute Gasteiger partial charge is 0.493 e. The fraction of sp³-hybridized carbons (Fsp3) is 0.611. The second-order valence-corrected chi connectivity index (χ2v) is 5.96. The first-order valence-electron chi connectivity index (χ1n) is 8.46. The van der Waals surface area contributed by atoms with Gasteiger partial charge in [0.2, 0.25) is 0 Å². The maximum absolute atomic E-state index is 12.7. The molecule has 1 N–H and O–H groups in total. The third-order valence-electron chi connectivity index (χ3n) is 4.34. The number of piperidine rings is 1. The minimum absolute atomic E-state index is 0. The van der Waals surface area contributed by atoms with Crippen LogP contribution in [0.3, 0.4) is 0 Å². The smallest absolute Gasteiger partial charge is 0.253 e. The molecule has 0 unspecified atom stereocenters. The van der Waals surface area contributed by atoms with Crippen LogP contribution in [0.5, 0.6) is 11.5 Å². The van der Waals surface area contributed by atoms with Crippen LogP contribution in [0, 0.1) is 0 Å². The predicted molar refractivity (Wildman–Crippen MR) is 98.6 cm³/mol. The Morgan fingerprint density at radius 3 is 2.62 bits per heavy atom. The summed E-state index contributed by atoms with van der Waals surface area (Å²) in [6, 6.07) is 5.73. The number of hydrogen-bond donors (Lipinski definition) is 1. The fourth-order valence-electron chi connectivity index (χ4n) is 2.81. The number of unbranched alkanes of at least 4 members (excludes halogenated alkanes) is 1. The summed E-state index contributed by atoms with van der Waals surface area (Å²) < 4.78 is 11.1. The van der Waals surface area contributed by atoms with Gasteiger partial charge in [-0.2, -0.15) is 0 Å². The van der Waals surface area contributed by atoms with Crippen molar-refractivity contribution >= 4 is 18.3 Å². The molecule has 0 spiro atoms. The van der Waals surface area contributed by atoms with Gasteiger partial charge in [0.15, 0.2) is 11.5 Å². The number of methoxy groups -OCH3 is 1. The van der Waals surface area contributed by atoms with E-state index in [-0.39, 0.29) is 18.3 Å². The van der Waals surface area contributed by atoms with Gasteiger partial charge in [0.05, 0.1) is 13.7 Å². The van der Waals surface area contributed by atoms with Crippen LogP contribution in [0.2, 0.25) is 0 Å². The number of carbonyl (C=O) groups excluding carboxylic acids is 1. The molecule has 2 rings (SSSR count). The van der Waals surface area contributed by atoms with Gasteiger partial charge >= 0.3 is 0 Å². The molecule has 1 aromatic rings. The molecule has 136 valence electrons. The summed E-state index contributed by atoms with van der Waals surface area (Å²) in [7, 11) is 3.49. The van der Waals surface area contributed by atoms with Crippen LogP contribution in [0.25, 0.3) is 0 Å². The average Bonchev–Trinajstić information content (AvgIpc) is 2.61. The van der Waals surface area contributed by atoms with Crippen molar-refractivity contribution in [2.75, 3.05) is 33.9 Å². The van der Waals surface area contributed by atoms with Gasteiger partial charge < -0.3 is 19.7 Å². The van der Waals surface area contributed by atoms with Crippen LogP contribution >= 0.6 is 12.4 Å². The van der Waals surface area contributed by atoms with Crippen molar-refractivity contribution in [2.45, 2.75) is 38.6 Å². The lowest BCUT2D eigenvalue weighted by atomic mass is 10.0. The molecular weight excluding hydrogens is 328 g/mol. The molecule has 1 fully saturated rings. The number of carbonyl (C=O) groups is 1. The van der Waals surface area contributed by atoms with Crippen molar-refractivity contribution in [1.82, 2.24) is 10.2 Å². The van der Waals surface area contributed by atoms with Crippen molar-refractivity contribution < 1.29 is 14.3 Å². The Hall–Kier alpha value is -1.46. The maximum Gasteiger partial charge on any atom is 0.253 e. The van der Waals surface area contributed by atoms with E-state index in [1.165, 1.54) is 0 Å². The molecule has 5 nitrogen and oxygen atoms in total. The van der Waals surface area contributed by atoms with E-state index in [0.29, 0.717) is 29.7 Å². The number of benzene rings is 1. The average molecular weight is 357 g/mol. The highest BCUT2D eigenvalue weighted by atomic mass is 35.5. The van der Waals surface area contributed by atoms with Crippen molar-refractivity contribution in [1.29, 1.82) is 0 Å². The van der Waals surface area contributed by atoms with Gasteiger partial charge in [-0.05, 0) is 50.6 Å². The first-order valence-corrected chi connectivity index (χ1v) is 8.46. The van der Waals surface area contributed by atoms with E-state index >= 15 is 0 Å². The highest BCUT2D eigenvalue weighted by molar-refractivity contribution is 5.95. The van der Waals surface area contributed by atoms with Gasteiger partial charge in [0.1, 0.15) is 0 Å². The van der Waals surface area contributed by atoms with Crippen molar-refractivity contribution in [3.63, 3.8) is 0 Å². The maximum atomic E-state index is 12.7. The van der Waals surface area contributed by atoms with E-state index in [1.807, 2.05) is 24.1 Å². The van der Waals surface area contributed by atoms with Crippen LogP contribution in [-0.4, -0.2) is 50.7 Å². The Morgan fingerprint density at radius 1 is 1.29 bits per heavy atom. The van der Waals surface area contributed by atoms with E-state index in [1.54, 1.807) is 13.2 Å². The van der Waals surface area contributed by atoms with E-state index in [4.69, 9.17) is 9.47 Å². The Bertz CT molecular complexity index is 519. The number of hydrogen-bond acceptors (Lipinski definition) is 4. The summed E-state index contributed by atoms with van der Waals surface area (Å²) in [5.41, 5.74) is 0.644. The topological polar surface area (TPSA) is 50.8 Å². The van der Waals surface area contributed by atoms with Crippen LogP contribution in [-0.2, 0) is 0 Å². The molecule has 6 heteroatoms. The Kier molecular flexibility index (Phi) is 8.93. The molecule has 1 aliphatic heterocycles. The van der Waals surface area contributed by atoms with Gasteiger partial charge in [0, 0.05) is 18.7 Å². The number of halogens is 1. The molecule has 1 aromatic carbocycles. The lowest BCUT2D eigenvalue weighted by Gasteiger charge is -2.31. The fourth-order valence-corrected chi connectivity index (χ4v) is 2.81. The van der Waals surface area contributed by atoms with E-state index in [9.17, 15) is 4.79 Å². The lowest BCUT2D eigenvalue weighted by molar-refractivity contribution is 0.0703. The highest BCUT2D eigenvalue weighted by Gasteiger charge is 2.23. The zero-order valence-electron chi connectivity index (χ0n) is 14.8. The first kappa shape index (κ1) is 20.6. The predicted octanol–water partition coefficient (Wildman–Crippen LogP) is 3.12. The zero-order valence-corrected chi connectivity index (χ0v) is 15.7. The lowest BCUT2D eigenvalue weighted by Crippen LogP contribution is -2.43. The molecule has 0 atom stereocenters. The van der Waals surface area contributed by atoms with E-state index in [0.717, 1.165) is 38.8 Å². The molecule has 0 saturated carbocycles. The molecular formula is C18H29ClN2O3. The van der Waals surface area contributed by atoms with Gasteiger partial charge in [0.25, 0.3) is 5.91 Å². The summed E-state index contributed by atoms with van der Waals surface area (Å²) in [5.74, 6) is 1.35. The number of nitrogens with zero attached hydrogens (tertiary/aromatic N) is 1. The van der Waals surface area contributed by atoms with E-state index in [2.05, 4.69) is 12.2 Å². The minimum Gasteiger partial charge on any atom is -0.493 e.